The average molecular weight is 466 g/mol. The van der Waals surface area contributed by atoms with Crippen LogP contribution in [0.2, 0.25) is 0 Å². The van der Waals surface area contributed by atoms with Gasteiger partial charge < -0.3 is 10.6 Å². The number of hydrogen-bond acceptors (Lipinski definition) is 7. The third-order valence-electron chi connectivity index (χ3n) is 5.87. The Morgan fingerprint density at radius 3 is 2.70 bits per heavy atom. The summed E-state index contributed by atoms with van der Waals surface area (Å²) < 4.78 is 0. The molecule has 0 spiro atoms. The number of nitrogens with one attached hydrogen (secondary N) is 2. The van der Waals surface area contributed by atoms with Crippen LogP contribution in [0.15, 0.2) is 60.1 Å². The fraction of sp³-hybridized carbons (Fsp3) is 0.333. The second-order valence-electron chi connectivity index (χ2n) is 8.09. The molecule has 1 fully saturated rings. The first-order valence-corrected chi connectivity index (χ1v) is 11.9. The normalized spacial score (nSPS) is 15.7. The maximum atomic E-state index is 12.9. The zero-order chi connectivity index (χ0) is 23.2. The van der Waals surface area contributed by atoms with Crippen LogP contribution in [-0.4, -0.2) is 40.3 Å². The van der Waals surface area contributed by atoms with E-state index in [4.69, 9.17) is 0 Å². The van der Waals surface area contributed by atoms with E-state index < -0.39 is 4.92 Å². The highest BCUT2D eigenvalue weighted by molar-refractivity contribution is 7.10. The van der Waals surface area contributed by atoms with E-state index in [9.17, 15) is 14.9 Å². The van der Waals surface area contributed by atoms with Crippen molar-refractivity contribution in [3.63, 3.8) is 0 Å². The molecule has 0 saturated carbocycles. The van der Waals surface area contributed by atoms with Crippen molar-refractivity contribution in [1.29, 1.82) is 0 Å². The van der Waals surface area contributed by atoms with Gasteiger partial charge in [-0.2, -0.15) is 0 Å². The summed E-state index contributed by atoms with van der Waals surface area (Å²) in [6.07, 6.45) is 4.00. The molecule has 0 bridgehead atoms. The predicted molar refractivity (Wildman–Crippen MR) is 130 cm³/mol. The highest BCUT2D eigenvalue weighted by Crippen LogP contribution is 2.30. The molecule has 9 heteroatoms. The number of anilines is 1. The van der Waals surface area contributed by atoms with Crippen LogP contribution in [0, 0.1) is 10.1 Å². The molecule has 1 amide bonds. The molecule has 1 aromatic carbocycles. The van der Waals surface area contributed by atoms with Crippen molar-refractivity contribution in [3.8, 4) is 0 Å². The minimum atomic E-state index is -0.469. The minimum absolute atomic E-state index is 0.117. The van der Waals surface area contributed by atoms with Gasteiger partial charge in [0.2, 0.25) is 0 Å². The van der Waals surface area contributed by atoms with Crippen molar-refractivity contribution in [3.05, 3.63) is 86.4 Å². The molecular weight excluding hydrogens is 438 g/mol. The summed E-state index contributed by atoms with van der Waals surface area (Å²) in [5.74, 6) is -0.317. The van der Waals surface area contributed by atoms with Crippen LogP contribution in [-0.2, 0) is 0 Å². The number of pyridine rings is 1. The van der Waals surface area contributed by atoms with Crippen LogP contribution in [0.5, 0.6) is 0 Å². The van der Waals surface area contributed by atoms with Crippen molar-refractivity contribution in [2.45, 2.75) is 31.8 Å². The molecule has 0 aliphatic carbocycles. The summed E-state index contributed by atoms with van der Waals surface area (Å²) in [5.41, 5.74) is 1.25. The lowest BCUT2D eigenvalue weighted by Crippen LogP contribution is -2.36. The van der Waals surface area contributed by atoms with Crippen LogP contribution >= 0.6 is 11.3 Å². The van der Waals surface area contributed by atoms with E-state index in [1.165, 1.54) is 10.9 Å². The zero-order valence-electron chi connectivity index (χ0n) is 18.4. The largest absolute Gasteiger partial charge is 0.371 e. The zero-order valence-corrected chi connectivity index (χ0v) is 19.3. The molecule has 172 valence electrons. The first-order chi connectivity index (χ1) is 16.0. The number of nitro groups is 1. The number of amides is 1. The highest BCUT2D eigenvalue weighted by atomic mass is 32.1. The number of nitrogens with zero attached hydrogens (tertiary/aromatic N) is 3. The van der Waals surface area contributed by atoms with Gasteiger partial charge in [0.25, 0.3) is 11.6 Å². The first kappa shape index (κ1) is 22.9. The standard InChI is InChI=1S/C24H27N5O3S/c1-17(19-7-2-3-11-25-19)27-20-10-9-18(15-21(20)29(31)32)24(30)26-16-22(23-8-6-14-33-23)28-12-4-5-13-28/h2-3,6-11,14-15,17,22,27H,4-5,12-13,16H2,1H3,(H,26,30). The molecule has 2 unspecified atom stereocenters. The van der Waals surface area contributed by atoms with Gasteiger partial charge in [-0.25, -0.2) is 0 Å². The first-order valence-electron chi connectivity index (χ1n) is 11.0. The van der Waals surface area contributed by atoms with Crippen LogP contribution < -0.4 is 10.6 Å². The second kappa shape index (κ2) is 10.5. The van der Waals surface area contributed by atoms with Crippen LogP contribution in [0.25, 0.3) is 0 Å². The van der Waals surface area contributed by atoms with E-state index >= 15 is 0 Å². The number of rotatable bonds is 9. The Hall–Kier alpha value is -3.30. The number of likely N-dealkylation sites (tertiary alicyclic amines) is 1. The molecule has 33 heavy (non-hydrogen) atoms. The molecular formula is C24H27N5O3S. The molecule has 1 saturated heterocycles. The summed E-state index contributed by atoms with van der Waals surface area (Å²) in [6.45, 7) is 4.37. The maximum Gasteiger partial charge on any atom is 0.293 e. The Balaban J connectivity index is 1.47. The molecule has 2 N–H and O–H groups in total. The van der Waals surface area contributed by atoms with E-state index in [0.29, 0.717) is 12.2 Å². The molecule has 3 aromatic rings. The maximum absolute atomic E-state index is 12.9. The van der Waals surface area contributed by atoms with Gasteiger partial charge in [-0.15, -0.1) is 11.3 Å². The van der Waals surface area contributed by atoms with E-state index in [1.54, 1.807) is 29.7 Å². The number of hydrogen-bond donors (Lipinski definition) is 2. The quantitative estimate of drug-likeness (QED) is 0.348. The molecule has 1 aliphatic rings. The van der Waals surface area contributed by atoms with Crippen LogP contribution in [0.1, 0.15) is 52.8 Å². The van der Waals surface area contributed by atoms with Gasteiger partial charge in [0.1, 0.15) is 5.69 Å². The minimum Gasteiger partial charge on any atom is -0.371 e. The van der Waals surface area contributed by atoms with Crippen LogP contribution in [0.4, 0.5) is 11.4 Å². The number of carbonyl (C=O) groups excluding carboxylic acids is 1. The van der Waals surface area contributed by atoms with Crippen molar-refractivity contribution < 1.29 is 9.72 Å². The molecule has 1 aliphatic heterocycles. The van der Waals surface area contributed by atoms with Gasteiger partial charge >= 0.3 is 0 Å². The molecule has 3 heterocycles. The number of thiophene rings is 1. The fourth-order valence-corrected chi connectivity index (χ4v) is 4.98. The molecule has 8 nitrogen and oxygen atoms in total. The lowest BCUT2D eigenvalue weighted by atomic mass is 10.1. The third-order valence-corrected chi connectivity index (χ3v) is 6.84. The molecule has 0 radical (unpaired) electrons. The van der Waals surface area contributed by atoms with Gasteiger partial charge in [-0.3, -0.25) is 24.8 Å². The van der Waals surface area contributed by atoms with Crippen molar-refractivity contribution in [1.82, 2.24) is 15.2 Å². The molecule has 2 aromatic heterocycles. The Kier molecular flexibility index (Phi) is 7.31. The highest BCUT2D eigenvalue weighted by Gasteiger charge is 2.25. The van der Waals surface area contributed by atoms with Gasteiger partial charge in [-0.05, 0) is 68.6 Å². The predicted octanol–water partition coefficient (Wildman–Crippen LogP) is 4.79. The summed E-state index contributed by atoms with van der Waals surface area (Å²) >= 11 is 1.68. The van der Waals surface area contributed by atoms with Gasteiger partial charge in [0, 0.05) is 29.2 Å². The van der Waals surface area contributed by atoms with E-state index in [1.807, 2.05) is 36.6 Å². The van der Waals surface area contributed by atoms with Crippen LogP contribution in [0.3, 0.4) is 0 Å². The second-order valence-corrected chi connectivity index (χ2v) is 9.07. The fourth-order valence-electron chi connectivity index (χ4n) is 4.12. The van der Waals surface area contributed by atoms with Crippen molar-refractivity contribution >= 4 is 28.6 Å². The van der Waals surface area contributed by atoms with Crippen molar-refractivity contribution in [2.75, 3.05) is 25.0 Å². The SMILES string of the molecule is CC(Nc1ccc(C(=O)NCC(c2cccs2)N2CCCC2)cc1[N+](=O)[O-])c1ccccn1. The Bertz CT molecular complexity index is 1080. The van der Waals surface area contributed by atoms with E-state index in [-0.39, 0.29) is 29.2 Å². The lowest BCUT2D eigenvalue weighted by molar-refractivity contribution is -0.384. The smallest absolute Gasteiger partial charge is 0.293 e. The summed E-state index contributed by atoms with van der Waals surface area (Å²) in [6, 6.07) is 14.1. The van der Waals surface area contributed by atoms with Crippen molar-refractivity contribution in [2.24, 2.45) is 0 Å². The summed E-state index contributed by atoms with van der Waals surface area (Å²) in [5, 5.41) is 19.9. The summed E-state index contributed by atoms with van der Waals surface area (Å²) in [4.78, 5) is 32.0. The van der Waals surface area contributed by atoms with E-state index in [0.717, 1.165) is 31.6 Å². The number of aromatic nitrogens is 1. The number of nitro benzene ring substituents is 1. The number of carbonyl (C=O) groups is 1. The topological polar surface area (TPSA) is 100 Å². The Labute approximate surface area is 196 Å². The summed E-state index contributed by atoms with van der Waals surface area (Å²) in [7, 11) is 0. The van der Waals surface area contributed by atoms with E-state index in [2.05, 4.69) is 26.6 Å². The van der Waals surface area contributed by atoms with Gasteiger partial charge in [0.05, 0.1) is 22.7 Å². The monoisotopic (exact) mass is 465 g/mol. The average Bonchev–Trinajstić information content (AvgIpc) is 3.55. The Morgan fingerprint density at radius 2 is 2.03 bits per heavy atom. The van der Waals surface area contributed by atoms with Gasteiger partial charge in [-0.1, -0.05) is 12.1 Å². The number of benzene rings is 1. The lowest BCUT2D eigenvalue weighted by Gasteiger charge is -2.27. The van der Waals surface area contributed by atoms with Gasteiger partial charge in [0.15, 0.2) is 0 Å². The Morgan fingerprint density at radius 1 is 1.21 bits per heavy atom. The molecule has 2 atom stereocenters. The molecule has 4 rings (SSSR count). The third kappa shape index (κ3) is 5.55.